The van der Waals surface area contributed by atoms with Crippen LogP contribution < -0.4 is 10.9 Å². The highest BCUT2D eigenvalue weighted by Gasteiger charge is 1.91. The summed E-state index contributed by atoms with van der Waals surface area (Å²) in [7, 11) is 0. The first-order chi connectivity index (χ1) is 5.68. The molecule has 1 amide bonds. The summed E-state index contributed by atoms with van der Waals surface area (Å²) in [6.07, 6.45) is 0. The highest BCUT2D eigenvalue weighted by Crippen LogP contribution is 2.12. The summed E-state index contributed by atoms with van der Waals surface area (Å²) < 4.78 is 0. The lowest BCUT2D eigenvalue weighted by Gasteiger charge is -2.05. The number of phenolic OH excluding ortho intramolecular Hbond substituents is 1. The van der Waals surface area contributed by atoms with Crippen LogP contribution in [0.1, 0.15) is 6.92 Å². The normalized spacial score (nSPS) is 9.08. The van der Waals surface area contributed by atoms with Gasteiger partial charge in [0.05, 0.1) is 5.69 Å². The summed E-state index contributed by atoms with van der Waals surface area (Å²) in [6.45, 7) is 1.41. The van der Waals surface area contributed by atoms with Crippen molar-refractivity contribution in [2.24, 2.45) is 0 Å². The molecular formula is C8H10N2O2. The average Bonchev–Trinajstić information content (AvgIpc) is 2.03. The maximum atomic E-state index is 10.5. The zero-order valence-electron chi connectivity index (χ0n) is 6.66. The molecule has 0 bridgehead atoms. The Morgan fingerprint density at radius 1 is 1.33 bits per heavy atom. The lowest BCUT2D eigenvalue weighted by Crippen LogP contribution is -2.26. The van der Waals surface area contributed by atoms with Gasteiger partial charge in [0.1, 0.15) is 5.75 Å². The van der Waals surface area contributed by atoms with Crippen LogP contribution in [0.5, 0.6) is 5.75 Å². The van der Waals surface area contributed by atoms with Crippen LogP contribution in [0.3, 0.4) is 0 Å². The van der Waals surface area contributed by atoms with Crippen LogP contribution in [-0.2, 0) is 4.79 Å². The van der Waals surface area contributed by atoms with Gasteiger partial charge in [0, 0.05) is 6.92 Å². The maximum absolute atomic E-state index is 10.5. The van der Waals surface area contributed by atoms with Gasteiger partial charge >= 0.3 is 0 Å². The van der Waals surface area contributed by atoms with Crippen LogP contribution in [0, 0.1) is 0 Å². The highest BCUT2D eigenvalue weighted by atomic mass is 16.3. The number of phenols is 1. The predicted molar refractivity (Wildman–Crippen MR) is 45.5 cm³/mol. The molecule has 0 aromatic heterocycles. The van der Waals surface area contributed by atoms with E-state index in [1.165, 1.54) is 19.1 Å². The van der Waals surface area contributed by atoms with Crippen molar-refractivity contribution in [3.05, 3.63) is 24.3 Å². The van der Waals surface area contributed by atoms with Gasteiger partial charge in [-0.25, -0.2) is 0 Å². The number of aromatic hydroxyl groups is 1. The summed E-state index contributed by atoms with van der Waals surface area (Å²) in [6, 6.07) is 6.38. The smallest absolute Gasteiger partial charge is 0.235 e. The summed E-state index contributed by atoms with van der Waals surface area (Å²) in [5, 5.41) is 8.92. The van der Waals surface area contributed by atoms with Crippen LogP contribution in [-0.4, -0.2) is 11.0 Å². The zero-order chi connectivity index (χ0) is 8.97. The van der Waals surface area contributed by atoms with E-state index in [9.17, 15) is 4.79 Å². The number of rotatable bonds is 2. The minimum Gasteiger partial charge on any atom is -0.508 e. The third-order valence-corrected chi connectivity index (χ3v) is 1.25. The third kappa shape index (κ3) is 2.49. The second kappa shape index (κ2) is 3.61. The lowest BCUT2D eigenvalue weighted by atomic mass is 10.3. The molecule has 4 heteroatoms. The Kier molecular flexibility index (Phi) is 2.53. The fraction of sp³-hybridized carbons (Fsp3) is 0.125. The molecule has 0 saturated carbocycles. The number of carbonyl (C=O) groups is 1. The van der Waals surface area contributed by atoms with Gasteiger partial charge in [-0.1, -0.05) is 0 Å². The quantitative estimate of drug-likeness (QED) is 0.451. The second-order valence-electron chi connectivity index (χ2n) is 2.35. The number of carbonyl (C=O) groups excluding carboxylic acids is 1. The summed E-state index contributed by atoms with van der Waals surface area (Å²) in [4.78, 5) is 10.5. The van der Waals surface area contributed by atoms with Gasteiger partial charge in [0.15, 0.2) is 0 Å². The Morgan fingerprint density at radius 2 is 1.92 bits per heavy atom. The van der Waals surface area contributed by atoms with Crippen molar-refractivity contribution in [1.82, 2.24) is 5.43 Å². The molecule has 0 aliphatic carbocycles. The first-order valence-electron chi connectivity index (χ1n) is 3.50. The highest BCUT2D eigenvalue weighted by molar-refractivity contribution is 5.74. The van der Waals surface area contributed by atoms with E-state index in [-0.39, 0.29) is 11.7 Å². The maximum Gasteiger partial charge on any atom is 0.235 e. The predicted octanol–water partition coefficient (Wildman–Crippen LogP) is 0.855. The first-order valence-corrected chi connectivity index (χ1v) is 3.50. The Labute approximate surface area is 70.2 Å². The Hall–Kier alpha value is -1.71. The Morgan fingerprint density at radius 3 is 2.42 bits per heavy atom. The fourth-order valence-electron chi connectivity index (χ4n) is 0.705. The lowest BCUT2D eigenvalue weighted by molar-refractivity contribution is -0.118. The van der Waals surface area contributed by atoms with Gasteiger partial charge in [-0.3, -0.25) is 15.6 Å². The summed E-state index contributed by atoms with van der Waals surface area (Å²) >= 11 is 0. The monoisotopic (exact) mass is 166 g/mol. The molecular weight excluding hydrogens is 156 g/mol. The van der Waals surface area contributed by atoms with Crippen molar-refractivity contribution in [1.29, 1.82) is 0 Å². The van der Waals surface area contributed by atoms with Crippen LogP contribution in [0.4, 0.5) is 5.69 Å². The van der Waals surface area contributed by atoms with E-state index in [1.807, 2.05) is 0 Å². The second-order valence-corrected chi connectivity index (χ2v) is 2.35. The molecule has 0 radical (unpaired) electrons. The van der Waals surface area contributed by atoms with Crippen molar-refractivity contribution in [3.8, 4) is 5.75 Å². The molecule has 64 valence electrons. The largest absolute Gasteiger partial charge is 0.508 e. The number of nitrogens with one attached hydrogen (secondary N) is 2. The van der Waals surface area contributed by atoms with Crippen molar-refractivity contribution >= 4 is 11.6 Å². The standard InChI is InChI=1S/C8H10N2O2/c1-6(11)9-10-7-2-4-8(12)5-3-7/h2-5,10,12H,1H3,(H,9,11). The van der Waals surface area contributed by atoms with Gasteiger partial charge < -0.3 is 5.11 Å². The molecule has 0 atom stereocenters. The molecule has 0 aliphatic heterocycles. The van der Waals surface area contributed by atoms with Gasteiger partial charge in [0.2, 0.25) is 5.91 Å². The van der Waals surface area contributed by atoms with Crippen molar-refractivity contribution in [3.63, 3.8) is 0 Å². The zero-order valence-corrected chi connectivity index (χ0v) is 6.66. The molecule has 0 aliphatic rings. The van der Waals surface area contributed by atoms with Crippen LogP contribution in [0.2, 0.25) is 0 Å². The topological polar surface area (TPSA) is 61.4 Å². The van der Waals surface area contributed by atoms with Crippen LogP contribution in [0.25, 0.3) is 0 Å². The molecule has 3 N–H and O–H groups in total. The van der Waals surface area contributed by atoms with E-state index in [0.29, 0.717) is 0 Å². The third-order valence-electron chi connectivity index (χ3n) is 1.25. The molecule has 12 heavy (non-hydrogen) atoms. The Balaban J connectivity index is 2.53. The van der Waals surface area contributed by atoms with E-state index in [4.69, 9.17) is 5.11 Å². The van der Waals surface area contributed by atoms with E-state index in [1.54, 1.807) is 12.1 Å². The van der Waals surface area contributed by atoms with Crippen LogP contribution in [0.15, 0.2) is 24.3 Å². The number of amides is 1. The summed E-state index contributed by atoms with van der Waals surface area (Å²) in [5.74, 6) is 0.0338. The van der Waals surface area contributed by atoms with Gasteiger partial charge in [0.25, 0.3) is 0 Å². The van der Waals surface area contributed by atoms with Crippen molar-refractivity contribution < 1.29 is 9.90 Å². The van der Waals surface area contributed by atoms with Crippen molar-refractivity contribution in [2.75, 3.05) is 5.43 Å². The van der Waals surface area contributed by atoms with Crippen LogP contribution >= 0.6 is 0 Å². The van der Waals surface area contributed by atoms with Gasteiger partial charge in [-0.15, -0.1) is 0 Å². The molecule has 0 unspecified atom stereocenters. The molecule has 4 nitrogen and oxygen atoms in total. The van der Waals surface area contributed by atoms with Gasteiger partial charge in [-0.05, 0) is 24.3 Å². The van der Waals surface area contributed by atoms with E-state index >= 15 is 0 Å². The number of hydrogen-bond acceptors (Lipinski definition) is 3. The number of benzene rings is 1. The molecule has 1 aromatic rings. The first kappa shape index (κ1) is 8.39. The Bertz CT molecular complexity index is 269. The number of hydrogen-bond donors (Lipinski definition) is 3. The minimum absolute atomic E-state index is 0.164. The van der Waals surface area contributed by atoms with E-state index < -0.39 is 0 Å². The molecule has 0 saturated heterocycles. The number of hydrazine groups is 1. The summed E-state index contributed by atoms with van der Waals surface area (Å²) in [5.41, 5.74) is 5.80. The SMILES string of the molecule is CC(=O)NNc1ccc(O)cc1. The fourth-order valence-corrected chi connectivity index (χ4v) is 0.705. The molecule has 1 aromatic carbocycles. The van der Waals surface area contributed by atoms with Gasteiger partial charge in [-0.2, -0.15) is 0 Å². The minimum atomic E-state index is -0.164. The van der Waals surface area contributed by atoms with E-state index in [0.717, 1.165) is 5.69 Å². The molecule has 0 spiro atoms. The van der Waals surface area contributed by atoms with Crippen molar-refractivity contribution in [2.45, 2.75) is 6.92 Å². The molecule has 0 fully saturated rings. The number of anilines is 1. The average molecular weight is 166 g/mol. The van der Waals surface area contributed by atoms with E-state index in [2.05, 4.69) is 10.9 Å². The molecule has 0 heterocycles. The molecule has 1 rings (SSSR count).